The second-order valence-electron chi connectivity index (χ2n) is 3.64. The smallest absolute Gasteiger partial charge is 0.146 e. The third kappa shape index (κ3) is 2.47. The molecule has 2 aromatic rings. The number of hydrogen-bond acceptors (Lipinski definition) is 2. The summed E-state index contributed by atoms with van der Waals surface area (Å²) in [6.07, 6.45) is 1.53. The molecule has 0 radical (unpaired) electrons. The molecule has 1 N–H and O–H groups in total. The van der Waals surface area contributed by atoms with Gasteiger partial charge in [-0.2, -0.15) is 0 Å². The van der Waals surface area contributed by atoms with Crippen molar-refractivity contribution in [2.75, 3.05) is 7.05 Å². The van der Waals surface area contributed by atoms with Gasteiger partial charge in [0.1, 0.15) is 11.6 Å². The molecule has 0 saturated heterocycles. The Kier molecular flexibility index (Phi) is 3.44. The van der Waals surface area contributed by atoms with Gasteiger partial charge < -0.3 is 5.32 Å². The first-order valence-electron chi connectivity index (χ1n) is 5.25. The summed E-state index contributed by atoms with van der Waals surface area (Å²) >= 11 is 0. The Labute approximate surface area is 98.3 Å². The number of hydrogen-bond donors (Lipinski definition) is 1. The number of benzene rings is 1. The zero-order valence-electron chi connectivity index (χ0n) is 9.32. The largest absolute Gasteiger partial charge is 0.308 e. The van der Waals surface area contributed by atoms with Gasteiger partial charge in [-0.15, -0.1) is 0 Å². The first-order chi connectivity index (χ1) is 8.22. The maximum Gasteiger partial charge on any atom is 0.146 e. The van der Waals surface area contributed by atoms with E-state index in [4.69, 9.17) is 0 Å². The number of nitrogens with one attached hydrogen (secondary N) is 1. The van der Waals surface area contributed by atoms with Crippen molar-refractivity contribution in [2.24, 2.45) is 0 Å². The van der Waals surface area contributed by atoms with E-state index in [0.29, 0.717) is 5.69 Å². The lowest BCUT2D eigenvalue weighted by Gasteiger charge is -2.16. The zero-order chi connectivity index (χ0) is 12.3. The van der Waals surface area contributed by atoms with Gasteiger partial charge in [0.25, 0.3) is 0 Å². The lowest BCUT2D eigenvalue weighted by molar-refractivity contribution is 0.558. The fraction of sp³-hybridized carbons (Fsp3) is 0.154. The Bertz CT molecular complexity index is 497. The van der Waals surface area contributed by atoms with Crippen LogP contribution in [0.5, 0.6) is 0 Å². The van der Waals surface area contributed by atoms with Crippen molar-refractivity contribution in [3.05, 3.63) is 65.5 Å². The van der Waals surface area contributed by atoms with Gasteiger partial charge in [0, 0.05) is 6.20 Å². The van der Waals surface area contributed by atoms with E-state index in [1.54, 1.807) is 19.2 Å². The monoisotopic (exact) mass is 234 g/mol. The summed E-state index contributed by atoms with van der Waals surface area (Å²) < 4.78 is 26.4. The fourth-order valence-electron chi connectivity index (χ4n) is 1.73. The van der Waals surface area contributed by atoms with E-state index in [2.05, 4.69) is 10.3 Å². The van der Waals surface area contributed by atoms with Crippen molar-refractivity contribution < 1.29 is 8.78 Å². The van der Waals surface area contributed by atoms with Gasteiger partial charge in [-0.1, -0.05) is 12.1 Å². The highest BCUT2D eigenvalue weighted by Gasteiger charge is 2.17. The molecule has 1 atom stereocenters. The standard InChI is InChI=1S/C13H12F2N2/c1-16-12(9-4-6-10(14)7-5-9)13-11(15)3-2-8-17-13/h2-8,12,16H,1H3. The van der Waals surface area contributed by atoms with E-state index in [-0.39, 0.29) is 17.7 Å². The second kappa shape index (κ2) is 5.01. The van der Waals surface area contributed by atoms with E-state index in [1.165, 1.54) is 30.5 Å². The van der Waals surface area contributed by atoms with Gasteiger partial charge in [0.2, 0.25) is 0 Å². The van der Waals surface area contributed by atoms with Crippen LogP contribution in [0.3, 0.4) is 0 Å². The van der Waals surface area contributed by atoms with E-state index in [0.717, 1.165) is 5.56 Å². The fourth-order valence-corrected chi connectivity index (χ4v) is 1.73. The van der Waals surface area contributed by atoms with Crippen LogP contribution in [0.25, 0.3) is 0 Å². The lowest BCUT2D eigenvalue weighted by atomic mass is 10.0. The number of rotatable bonds is 3. The summed E-state index contributed by atoms with van der Waals surface area (Å²) in [5.74, 6) is -0.693. The van der Waals surface area contributed by atoms with Gasteiger partial charge in [-0.25, -0.2) is 8.78 Å². The normalized spacial score (nSPS) is 12.4. The van der Waals surface area contributed by atoms with Crippen LogP contribution in [-0.2, 0) is 0 Å². The van der Waals surface area contributed by atoms with Crippen molar-refractivity contribution in [2.45, 2.75) is 6.04 Å². The summed E-state index contributed by atoms with van der Waals surface area (Å²) in [5.41, 5.74) is 1.08. The van der Waals surface area contributed by atoms with Gasteiger partial charge >= 0.3 is 0 Å². The van der Waals surface area contributed by atoms with Crippen LogP contribution >= 0.6 is 0 Å². The first-order valence-corrected chi connectivity index (χ1v) is 5.25. The third-order valence-electron chi connectivity index (χ3n) is 2.55. The minimum atomic E-state index is -0.379. The molecule has 4 heteroatoms. The number of halogens is 2. The highest BCUT2D eigenvalue weighted by Crippen LogP contribution is 2.22. The summed E-state index contributed by atoms with van der Waals surface area (Å²) in [6, 6.07) is 8.44. The molecule has 88 valence electrons. The topological polar surface area (TPSA) is 24.9 Å². The lowest BCUT2D eigenvalue weighted by Crippen LogP contribution is -2.20. The zero-order valence-corrected chi connectivity index (χ0v) is 9.32. The van der Waals surface area contributed by atoms with Crippen molar-refractivity contribution in [3.8, 4) is 0 Å². The minimum Gasteiger partial charge on any atom is -0.308 e. The van der Waals surface area contributed by atoms with Crippen molar-refractivity contribution in [1.29, 1.82) is 0 Å². The molecule has 1 heterocycles. The molecule has 2 nitrogen and oxygen atoms in total. The molecule has 1 aromatic heterocycles. The Morgan fingerprint density at radius 3 is 2.41 bits per heavy atom. The molecule has 0 aliphatic carbocycles. The minimum absolute atomic E-state index is 0.307. The van der Waals surface area contributed by atoms with E-state index in [9.17, 15) is 8.78 Å². The van der Waals surface area contributed by atoms with Crippen LogP contribution in [0, 0.1) is 11.6 Å². The van der Waals surface area contributed by atoms with Gasteiger partial charge in [0.15, 0.2) is 0 Å². The van der Waals surface area contributed by atoms with Gasteiger partial charge in [-0.3, -0.25) is 4.98 Å². The molecule has 17 heavy (non-hydrogen) atoms. The van der Waals surface area contributed by atoms with Crippen LogP contribution in [0.15, 0.2) is 42.6 Å². The average Bonchev–Trinajstić information content (AvgIpc) is 2.35. The molecule has 0 aliphatic rings. The van der Waals surface area contributed by atoms with E-state index in [1.807, 2.05) is 0 Å². The quantitative estimate of drug-likeness (QED) is 0.883. The Morgan fingerprint density at radius 2 is 1.82 bits per heavy atom. The van der Waals surface area contributed by atoms with Crippen molar-refractivity contribution in [3.63, 3.8) is 0 Å². The highest BCUT2D eigenvalue weighted by molar-refractivity contribution is 5.28. The Morgan fingerprint density at radius 1 is 1.12 bits per heavy atom. The average molecular weight is 234 g/mol. The second-order valence-corrected chi connectivity index (χ2v) is 3.64. The predicted octanol–water partition coefficient (Wildman–Crippen LogP) is 2.67. The summed E-state index contributed by atoms with van der Waals surface area (Å²) in [7, 11) is 1.71. The molecule has 0 saturated carbocycles. The van der Waals surface area contributed by atoms with E-state index < -0.39 is 0 Å². The SMILES string of the molecule is CNC(c1ccc(F)cc1)c1ncccc1F. The number of aromatic nitrogens is 1. The summed E-state index contributed by atoms with van der Waals surface area (Å²) in [6.45, 7) is 0. The van der Waals surface area contributed by atoms with Crippen LogP contribution in [-0.4, -0.2) is 12.0 Å². The summed E-state index contributed by atoms with van der Waals surface area (Å²) in [4.78, 5) is 4.02. The number of pyridine rings is 1. The Balaban J connectivity index is 2.40. The number of nitrogens with zero attached hydrogens (tertiary/aromatic N) is 1. The highest BCUT2D eigenvalue weighted by atomic mass is 19.1. The van der Waals surface area contributed by atoms with Crippen LogP contribution in [0.1, 0.15) is 17.3 Å². The van der Waals surface area contributed by atoms with Crippen LogP contribution in [0.2, 0.25) is 0 Å². The molecule has 0 aliphatic heterocycles. The molecule has 1 unspecified atom stereocenters. The van der Waals surface area contributed by atoms with Crippen molar-refractivity contribution in [1.82, 2.24) is 10.3 Å². The Hall–Kier alpha value is -1.81. The maximum atomic E-state index is 13.6. The van der Waals surface area contributed by atoms with Crippen molar-refractivity contribution >= 4 is 0 Å². The molecule has 0 bridgehead atoms. The third-order valence-corrected chi connectivity index (χ3v) is 2.55. The molecule has 0 fully saturated rings. The predicted molar refractivity (Wildman–Crippen MR) is 61.5 cm³/mol. The van der Waals surface area contributed by atoms with Gasteiger partial charge in [0.05, 0.1) is 11.7 Å². The van der Waals surface area contributed by atoms with Crippen LogP contribution in [0.4, 0.5) is 8.78 Å². The molecule has 0 spiro atoms. The van der Waals surface area contributed by atoms with E-state index >= 15 is 0 Å². The molecule has 1 aromatic carbocycles. The summed E-state index contributed by atoms with van der Waals surface area (Å²) in [5, 5.41) is 2.97. The maximum absolute atomic E-state index is 13.6. The van der Waals surface area contributed by atoms with Gasteiger partial charge in [-0.05, 0) is 36.9 Å². The molecule has 0 amide bonds. The molecular weight excluding hydrogens is 222 g/mol. The molecule has 2 rings (SSSR count). The van der Waals surface area contributed by atoms with Crippen LogP contribution < -0.4 is 5.32 Å². The first kappa shape index (κ1) is 11.7. The molecular formula is C13H12F2N2.